The summed E-state index contributed by atoms with van der Waals surface area (Å²) in [6.45, 7) is 3.90. The van der Waals surface area contributed by atoms with Crippen LogP contribution in [0.2, 0.25) is 5.02 Å². The van der Waals surface area contributed by atoms with E-state index in [-0.39, 0.29) is 28.1 Å². The Balaban J connectivity index is 1.58. The number of anilines is 3. The third-order valence-corrected chi connectivity index (χ3v) is 6.24. The van der Waals surface area contributed by atoms with Gasteiger partial charge in [-0.15, -0.1) is 0 Å². The van der Waals surface area contributed by atoms with Crippen molar-refractivity contribution < 1.29 is 19.1 Å². The highest BCUT2D eigenvalue weighted by Gasteiger charge is 2.40. The summed E-state index contributed by atoms with van der Waals surface area (Å²) in [4.78, 5) is 39.8. The lowest BCUT2D eigenvalue weighted by molar-refractivity contribution is -0.120. The van der Waals surface area contributed by atoms with Crippen molar-refractivity contribution in [2.45, 2.75) is 13.8 Å². The van der Waals surface area contributed by atoms with Gasteiger partial charge in [0, 0.05) is 22.0 Å². The van der Waals surface area contributed by atoms with Crippen LogP contribution >= 0.6 is 23.2 Å². The number of carbonyl (C=O) groups is 3. The smallest absolute Gasteiger partial charge is 0.283 e. The molecule has 0 unspecified atom stereocenters. The first kappa shape index (κ1) is 24.3. The topological polar surface area (TPSA) is 87.7 Å². The Morgan fingerprint density at radius 2 is 1.69 bits per heavy atom. The zero-order valence-corrected chi connectivity index (χ0v) is 20.6. The molecule has 0 bridgehead atoms. The molecule has 7 nitrogen and oxygen atoms in total. The molecule has 1 aliphatic rings. The molecule has 3 aromatic rings. The average molecular weight is 510 g/mol. The van der Waals surface area contributed by atoms with Crippen molar-refractivity contribution in [3.05, 3.63) is 93.1 Å². The highest BCUT2D eigenvalue weighted by molar-refractivity contribution is 6.53. The standard InChI is InChI=1S/C26H21Cl2N3O4/c1-14-6-4-9-19(15(14)2)30-24(32)16-7-5-8-18(12-16)29-23-22(28)25(33)31(26(23)34)20-13-17(27)10-11-21(20)35-3/h4-13,29H,1-3H3,(H,30,32). The summed E-state index contributed by atoms with van der Waals surface area (Å²) in [5, 5.41) is 5.81. The summed E-state index contributed by atoms with van der Waals surface area (Å²) in [5.74, 6) is -1.43. The van der Waals surface area contributed by atoms with Crippen LogP contribution in [-0.4, -0.2) is 24.8 Å². The van der Waals surface area contributed by atoms with Crippen LogP contribution in [0.1, 0.15) is 21.5 Å². The molecular weight excluding hydrogens is 489 g/mol. The zero-order valence-electron chi connectivity index (χ0n) is 19.1. The fourth-order valence-corrected chi connectivity index (χ4v) is 4.01. The van der Waals surface area contributed by atoms with Crippen molar-refractivity contribution in [2.24, 2.45) is 0 Å². The molecule has 0 fully saturated rings. The van der Waals surface area contributed by atoms with Gasteiger partial charge in [0.2, 0.25) is 0 Å². The summed E-state index contributed by atoms with van der Waals surface area (Å²) in [7, 11) is 1.42. The number of nitrogens with one attached hydrogen (secondary N) is 2. The van der Waals surface area contributed by atoms with Crippen LogP contribution in [0.5, 0.6) is 5.75 Å². The summed E-state index contributed by atoms with van der Waals surface area (Å²) in [5.41, 5.74) is 3.56. The van der Waals surface area contributed by atoms with E-state index in [1.54, 1.807) is 36.4 Å². The van der Waals surface area contributed by atoms with E-state index in [1.807, 2.05) is 32.0 Å². The van der Waals surface area contributed by atoms with Gasteiger partial charge in [0.25, 0.3) is 17.7 Å². The number of methoxy groups -OCH3 is 1. The van der Waals surface area contributed by atoms with Crippen LogP contribution in [0, 0.1) is 13.8 Å². The summed E-state index contributed by atoms with van der Waals surface area (Å²) in [6.07, 6.45) is 0. The number of nitrogens with zero attached hydrogens (tertiary/aromatic N) is 1. The minimum atomic E-state index is -0.719. The van der Waals surface area contributed by atoms with E-state index >= 15 is 0 Å². The van der Waals surface area contributed by atoms with Gasteiger partial charge < -0.3 is 15.4 Å². The molecule has 2 N–H and O–H groups in total. The first-order valence-electron chi connectivity index (χ1n) is 10.6. The van der Waals surface area contributed by atoms with E-state index < -0.39 is 11.8 Å². The Kier molecular flexibility index (Phi) is 6.82. The van der Waals surface area contributed by atoms with Crippen LogP contribution in [0.4, 0.5) is 17.1 Å². The first-order chi connectivity index (χ1) is 16.7. The number of benzene rings is 3. The summed E-state index contributed by atoms with van der Waals surface area (Å²) < 4.78 is 5.27. The Morgan fingerprint density at radius 1 is 0.943 bits per heavy atom. The summed E-state index contributed by atoms with van der Waals surface area (Å²) in [6, 6.07) is 16.8. The van der Waals surface area contributed by atoms with Crippen molar-refractivity contribution in [1.82, 2.24) is 0 Å². The SMILES string of the molecule is COc1ccc(Cl)cc1N1C(=O)C(Cl)=C(Nc2cccc(C(=O)Nc3cccc(C)c3C)c2)C1=O. The van der Waals surface area contributed by atoms with Crippen LogP contribution in [0.15, 0.2) is 71.4 Å². The largest absolute Gasteiger partial charge is 0.495 e. The van der Waals surface area contributed by atoms with Crippen LogP contribution < -0.4 is 20.3 Å². The number of ether oxygens (including phenoxy) is 1. The maximum atomic E-state index is 13.2. The van der Waals surface area contributed by atoms with Gasteiger partial charge in [-0.1, -0.05) is 41.4 Å². The minimum absolute atomic E-state index is 0.120. The lowest BCUT2D eigenvalue weighted by Crippen LogP contribution is -2.32. The molecule has 0 aliphatic carbocycles. The Morgan fingerprint density at radius 3 is 2.43 bits per heavy atom. The van der Waals surface area contributed by atoms with Crippen LogP contribution in [0.25, 0.3) is 0 Å². The normalized spacial score (nSPS) is 13.3. The van der Waals surface area contributed by atoms with E-state index in [0.29, 0.717) is 22.0 Å². The Hall–Kier alpha value is -3.81. The molecule has 9 heteroatoms. The number of imide groups is 1. The highest BCUT2D eigenvalue weighted by Crippen LogP contribution is 2.37. The number of aryl methyl sites for hydroxylation is 1. The fraction of sp³-hybridized carbons (Fsp3) is 0.115. The molecule has 1 aliphatic heterocycles. The molecule has 1 heterocycles. The highest BCUT2D eigenvalue weighted by atomic mass is 35.5. The third-order valence-electron chi connectivity index (χ3n) is 5.66. The van der Waals surface area contributed by atoms with Gasteiger partial charge in [-0.25, -0.2) is 4.90 Å². The molecule has 35 heavy (non-hydrogen) atoms. The van der Waals surface area contributed by atoms with Crippen molar-refractivity contribution >= 4 is 58.0 Å². The van der Waals surface area contributed by atoms with E-state index in [0.717, 1.165) is 16.0 Å². The second-order valence-electron chi connectivity index (χ2n) is 7.86. The molecule has 0 radical (unpaired) electrons. The molecule has 3 aromatic carbocycles. The van der Waals surface area contributed by atoms with E-state index in [9.17, 15) is 14.4 Å². The lowest BCUT2D eigenvalue weighted by Gasteiger charge is -2.18. The second kappa shape index (κ2) is 9.82. The lowest BCUT2D eigenvalue weighted by atomic mass is 10.1. The van der Waals surface area contributed by atoms with Crippen molar-refractivity contribution in [3.63, 3.8) is 0 Å². The fourth-order valence-electron chi connectivity index (χ4n) is 3.63. The van der Waals surface area contributed by atoms with E-state index in [1.165, 1.54) is 13.2 Å². The van der Waals surface area contributed by atoms with Crippen molar-refractivity contribution in [2.75, 3.05) is 22.6 Å². The van der Waals surface area contributed by atoms with Gasteiger partial charge in [0.05, 0.1) is 12.8 Å². The van der Waals surface area contributed by atoms with Crippen LogP contribution in [0.3, 0.4) is 0 Å². The molecule has 0 saturated heterocycles. The number of amides is 3. The molecular formula is C26H21Cl2N3O4. The number of hydrogen-bond donors (Lipinski definition) is 2. The number of halogens is 2. The van der Waals surface area contributed by atoms with Gasteiger partial charge in [-0.2, -0.15) is 0 Å². The molecule has 0 aromatic heterocycles. The monoisotopic (exact) mass is 509 g/mol. The van der Waals surface area contributed by atoms with Crippen LogP contribution in [-0.2, 0) is 9.59 Å². The van der Waals surface area contributed by atoms with E-state index in [4.69, 9.17) is 27.9 Å². The Bertz CT molecular complexity index is 1400. The van der Waals surface area contributed by atoms with Gasteiger partial charge >= 0.3 is 0 Å². The quantitative estimate of drug-likeness (QED) is 0.419. The molecule has 0 atom stereocenters. The molecule has 4 rings (SSSR count). The predicted molar refractivity (Wildman–Crippen MR) is 137 cm³/mol. The molecule has 0 saturated carbocycles. The van der Waals surface area contributed by atoms with Gasteiger partial charge in [-0.05, 0) is 67.4 Å². The number of carbonyl (C=O) groups excluding carboxylic acids is 3. The minimum Gasteiger partial charge on any atom is -0.495 e. The zero-order chi connectivity index (χ0) is 25.3. The summed E-state index contributed by atoms with van der Waals surface area (Å²) >= 11 is 12.3. The maximum absolute atomic E-state index is 13.2. The Labute approximate surface area is 212 Å². The van der Waals surface area contributed by atoms with Gasteiger partial charge in [0.15, 0.2) is 0 Å². The van der Waals surface area contributed by atoms with Crippen molar-refractivity contribution in [3.8, 4) is 5.75 Å². The molecule has 0 spiro atoms. The second-order valence-corrected chi connectivity index (χ2v) is 8.67. The maximum Gasteiger partial charge on any atom is 0.283 e. The number of hydrogen-bond acceptors (Lipinski definition) is 5. The molecule has 3 amide bonds. The average Bonchev–Trinajstić information content (AvgIpc) is 3.05. The molecule has 178 valence electrons. The first-order valence-corrected chi connectivity index (χ1v) is 11.3. The van der Waals surface area contributed by atoms with E-state index in [2.05, 4.69) is 10.6 Å². The van der Waals surface area contributed by atoms with Crippen molar-refractivity contribution in [1.29, 1.82) is 0 Å². The number of rotatable bonds is 6. The third kappa shape index (κ3) is 4.73. The van der Waals surface area contributed by atoms with Gasteiger partial charge in [0.1, 0.15) is 16.5 Å². The predicted octanol–water partition coefficient (Wildman–Crippen LogP) is 5.65. The van der Waals surface area contributed by atoms with Gasteiger partial charge in [-0.3, -0.25) is 14.4 Å².